The zero-order valence-electron chi connectivity index (χ0n) is 17.2. The summed E-state index contributed by atoms with van der Waals surface area (Å²) in [5, 5.41) is 17.0. The number of carboxylic acids is 1. The highest BCUT2D eigenvalue weighted by Crippen LogP contribution is 2.46. The largest absolute Gasteiger partial charge is 0.477 e. The Morgan fingerprint density at radius 3 is 2.60 bits per heavy atom. The molecule has 0 spiro atoms. The quantitative estimate of drug-likeness (QED) is 0.436. The van der Waals surface area contributed by atoms with Gasteiger partial charge in [-0.1, -0.05) is 13.8 Å². The molecule has 2 atom stereocenters. The molecule has 4 rings (SSSR count). The first kappa shape index (κ1) is 20.0. The van der Waals surface area contributed by atoms with Crippen LogP contribution in [-0.2, 0) is 0 Å². The van der Waals surface area contributed by atoms with Crippen LogP contribution in [0.2, 0.25) is 0 Å². The first-order chi connectivity index (χ1) is 14.0. The molecule has 1 aliphatic carbocycles. The third kappa shape index (κ3) is 3.02. The number of aromatic amines is 1. The van der Waals surface area contributed by atoms with E-state index in [4.69, 9.17) is 16.6 Å². The second-order valence-corrected chi connectivity index (χ2v) is 8.84. The molecule has 0 bridgehead atoms. The summed E-state index contributed by atoms with van der Waals surface area (Å²) in [6, 6.07) is 3.46. The van der Waals surface area contributed by atoms with E-state index in [1.54, 1.807) is 23.0 Å². The molecular weight excluding hydrogens is 384 g/mol. The molecule has 7 N–H and O–H groups in total. The molecule has 1 aliphatic rings. The normalized spacial score (nSPS) is 23.0. The summed E-state index contributed by atoms with van der Waals surface area (Å²) in [4.78, 5) is 26.0. The number of fused-ring (bicyclic) bond motifs is 1. The molecule has 0 saturated heterocycles. The van der Waals surface area contributed by atoms with Crippen molar-refractivity contribution in [3.63, 3.8) is 0 Å². The van der Waals surface area contributed by atoms with Crippen LogP contribution in [0.25, 0.3) is 16.6 Å². The van der Waals surface area contributed by atoms with Crippen molar-refractivity contribution in [1.29, 1.82) is 0 Å². The standard InChI is InChI=1S/C21H26N6O3/c1-20(2)16(4-5-21(20,3)23)26-17-13(18(22)28)9-25-27-10-12(7-15(17)27)11-6-14(19(29)30)24-8-11/h6-10,16,24,26H,4-5,23H2,1-3H3,(H2,22,28)(H,29,30)/t16-,21+/m1/s1. The third-order valence-corrected chi connectivity index (χ3v) is 6.76. The number of hydrogen-bond acceptors (Lipinski definition) is 5. The van der Waals surface area contributed by atoms with E-state index in [-0.39, 0.29) is 22.7 Å². The lowest BCUT2D eigenvalue weighted by Gasteiger charge is -2.39. The Morgan fingerprint density at radius 1 is 1.30 bits per heavy atom. The Bertz CT molecular complexity index is 1160. The zero-order chi connectivity index (χ0) is 21.8. The molecular formula is C21H26N6O3. The Labute approximate surface area is 173 Å². The summed E-state index contributed by atoms with van der Waals surface area (Å²) in [6.45, 7) is 6.29. The summed E-state index contributed by atoms with van der Waals surface area (Å²) < 4.78 is 1.65. The average molecular weight is 410 g/mol. The molecule has 9 heteroatoms. The maximum absolute atomic E-state index is 12.1. The van der Waals surface area contributed by atoms with E-state index in [1.807, 2.05) is 13.0 Å². The number of H-pyrrole nitrogens is 1. The van der Waals surface area contributed by atoms with E-state index < -0.39 is 11.9 Å². The van der Waals surface area contributed by atoms with Crippen LogP contribution in [-0.4, -0.2) is 43.2 Å². The van der Waals surface area contributed by atoms with Crippen LogP contribution in [0.5, 0.6) is 0 Å². The van der Waals surface area contributed by atoms with E-state index in [1.165, 1.54) is 6.20 Å². The maximum Gasteiger partial charge on any atom is 0.352 e. The number of hydrogen-bond donors (Lipinski definition) is 5. The van der Waals surface area contributed by atoms with Gasteiger partial charge in [0.25, 0.3) is 5.91 Å². The smallest absolute Gasteiger partial charge is 0.352 e. The van der Waals surface area contributed by atoms with Crippen molar-refractivity contribution in [3.8, 4) is 11.1 Å². The lowest BCUT2D eigenvalue weighted by Crippen LogP contribution is -2.51. The van der Waals surface area contributed by atoms with Crippen LogP contribution in [0, 0.1) is 5.41 Å². The fourth-order valence-corrected chi connectivity index (χ4v) is 4.19. The molecule has 0 unspecified atom stereocenters. The number of nitrogens with two attached hydrogens (primary N) is 2. The van der Waals surface area contributed by atoms with E-state index >= 15 is 0 Å². The maximum atomic E-state index is 12.1. The SMILES string of the molecule is CC1(C)[C@H](Nc2c(C(N)=O)cnn3cc(-c4c[nH]c(C(=O)O)c4)cc23)CC[C@]1(C)N. The van der Waals surface area contributed by atoms with Gasteiger partial charge in [0.05, 0.1) is 23.0 Å². The Kier molecular flexibility index (Phi) is 4.39. The van der Waals surface area contributed by atoms with Gasteiger partial charge >= 0.3 is 5.97 Å². The zero-order valence-corrected chi connectivity index (χ0v) is 17.2. The second kappa shape index (κ2) is 6.60. The van der Waals surface area contributed by atoms with Crippen molar-refractivity contribution >= 4 is 23.1 Å². The summed E-state index contributed by atoms with van der Waals surface area (Å²) >= 11 is 0. The Morgan fingerprint density at radius 2 is 2.03 bits per heavy atom. The Hall–Kier alpha value is -3.33. The summed E-state index contributed by atoms with van der Waals surface area (Å²) in [5.41, 5.74) is 14.8. The number of aromatic nitrogens is 3. The summed E-state index contributed by atoms with van der Waals surface area (Å²) in [5.74, 6) is -1.61. The number of carbonyl (C=O) groups is 2. The predicted molar refractivity (Wildman–Crippen MR) is 113 cm³/mol. The van der Waals surface area contributed by atoms with Crippen molar-refractivity contribution in [1.82, 2.24) is 14.6 Å². The first-order valence-corrected chi connectivity index (χ1v) is 9.80. The number of rotatable bonds is 5. The second-order valence-electron chi connectivity index (χ2n) is 8.84. The van der Waals surface area contributed by atoms with Crippen LogP contribution >= 0.6 is 0 Å². The topological polar surface area (TPSA) is 152 Å². The molecule has 0 radical (unpaired) electrons. The van der Waals surface area contributed by atoms with Crippen molar-refractivity contribution < 1.29 is 14.7 Å². The third-order valence-electron chi connectivity index (χ3n) is 6.76. The molecule has 0 aliphatic heterocycles. The molecule has 3 aromatic rings. The number of nitrogens with zero attached hydrogens (tertiary/aromatic N) is 2. The van der Waals surface area contributed by atoms with Gasteiger partial charge in [0.2, 0.25) is 0 Å². The number of aromatic carboxylic acids is 1. The monoisotopic (exact) mass is 410 g/mol. The molecule has 1 saturated carbocycles. The minimum atomic E-state index is -1.03. The number of carbonyl (C=O) groups excluding carboxylic acids is 1. The van der Waals surface area contributed by atoms with Crippen molar-refractivity contribution in [2.24, 2.45) is 16.9 Å². The van der Waals surface area contributed by atoms with Crippen LogP contribution in [0.1, 0.15) is 54.5 Å². The fourth-order valence-electron chi connectivity index (χ4n) is 4.19. The molecule has 0 aromatic carbocycles. The van der Waals surface area contributed by atoms with Gasteiger partial charge in [-0.05, 0) is 31.9 Å². The summed E-state index contributed by atoms with van der Waals surface area (Å²) in [6.07, 6.45) is 6.58. The highest BCUT2D eigenvalue weighted by Gasteiger charge is 2.49. The average Bonchev–Trinajstić information content (AvgIpc) is 3.34. The lowest BCUT2D eigenvalue weighted by molar-refractivity contribution is 0.0691. The molecule has 1 fully saturated rings. The number of anilines is 1. The van der Waals surface area contributed by atoms with Gasteiger partial charge in [-0.2, -0.15) is 5.10 Å². The minimum Gasteiger partial charge on any atom is -0.477 e. The van der Waals surface area contributed by atoms with Gasteiger partial charge in [-0.3, -0.25) is 4.79 Å². The van der Waals surface area contributed by atoms with Gasteiger partial charge in [-0.25, -0.2) is 9.31 Å². The van der Waals surface area contributed by atoms with Crippen molar-refractivity contribution in [2.45, 2.75) is 45.2 Å². The van der Waals surface area contributed by atoms with Gasteiger partial charge in [0, 0.05) is 40.5 Å². The number of nitrogens with one attached hydrogen (secondary N) is 2. The van der Waals surface area contributed by atoms with Crippen LogP contribution in [0.15, 0.2) is 30.7 Å². The Balaban J connectivity index is 1.80. The minimum absolute atomic E-state index is 0.0426. The molecule has 3 heterocycles. The van der Waals surface area contributed by atoms with Crippen molar-refractivity contribution in [2.75, 3.05) is 5.32 Å². The summed E-state index contributed by atoms with van der Waals surface area (Å²) in [7, 11) is 0. The number of carboxylic acid groups (broad SMARTS) is 1. The highest BCUT2D eigenvalue weighted by molar-refractivity contribution is 6.02. The lowest BCUT2D eigenvalue weighted by atomic mass is 9.75. The van der Waals surface area contributed by atoms with E-state index in [0.29, 0.717) is 22.3 Å². The number of amides is 1. The van der Waals surface area contributed by atoms with Crippen LogP contribution < -0.4 is 16.8 Å². The molecule has 3 aromatic heterocycles. The first-order valence-electron chi connectivity index (χ1n) is 9.80. The highest BCUT2D eigenvalue weighted by atomic mass is 16.4. The predicted octanol–water partition coefficient (Wildman–Crippen LogP) is 2.44. The van der Waals surface area contributed by atoms with Gasteiger partial charge < -0.3 is 26.9 Å². The van der Waals surface area contributed by atoms with Gasteiger partial charge in [0.1, 0.15) is 5.69 Å². The van der Waals surface area contributed by atoms with E-state index in [0.717, 1.165) is 18.4 Å². The van der Waals surface area contributed by atoms with Crippen LogP contribution in [0.3, 0.4) is 0 Å². The van der Waals surface area contributed by atoms with Crippen molar-refractivity contribution in [3.05, 3.63) is 42.0 Å². The fraction of sp³-hybridized carbons (Fsp3) is 0.381. The van der Waals surface area contributed by atoms with Gasteiger partial charge in [-0.15, -0.1) is 0 Å². The molecule has 9 nitrogen and oxygen atoms in total. The van der Waals surface area contributed by atoms with Gasteiger partial charge in [0.15, 0.2) is 0 Å². The molecule has 30 heavy (non-hydrogen) atoms. The molecule has 158 valence electrons. The van der Waals surface area contributed by atoms with E-state index in [2.05, 4.69) is 29.2 Å². The molecule has 1 amide bonds. The van der Waals surface area contributed by atoms with Crippen LogP contribution in [0.4, 0.5) is 5.69 Å². The van der Waals surface area contributed by atoms with E-state index in [9.17, 15) is 9.59 Å². The number of primary amides is 1.